The summed E-state index contributed by atoms with van der Waals surface area (Å²) < 4.78 is 16.9. The van der Waals surface area contributed by atoms with Crippen LogP contribution in [-0.2, 0) is 9.47 Å². The standard InChI is InChI=1S/C18H26N2O4/c21-17(16-2-1-10-23-16)20-8-6-19(7-9-20)15-3-11-24-18(14-15)4-12-22-13-5-18/h1-2,10,15H,3-9,11-14H2/t15-/m0/s1. The van der Waals surface area contributed by atoms with Gasteiger partial charge in [-0.25, -0.2) is 0 Å². The number of nitrogens with zero attached hydrogens (tertiary/aromatic N) is 2. The molecule has 0 unspecified atom stereocenters. The van der Waals surface area contributed by atoms with Crippen LogP contribution in [0.4, 0.5) is 0 Å². The number of carbonyl (C=O) groups excluding carboxylic acids is 1. The first-order valence-corrected chi connectivity index (χ1v) is 9.04. The smallest absolute Gasteiger partial charge is 0.289 e. The third-order valence-corrected chi connectivity index (χ3v) is 5.72. The van der Waals surface area contributed by atoms with Crippen LogP contribution >= 0.6 is 0 Å². The molecule has 0 radical (unpaired) electrons. The van der Waals surface area contributed by atoms with Gasteiger partial charge < -0.3 is 18.8 Å². The summed E-state index contributed by atoms with van der Waals surface area (Å²) in [6.45, 7) is 5.89. The number of ether oxygens (including phenoxy) is 2. The van der Waals surface area contributed by atoms with Gasteiger partial charge in [0.15, 0.2) is 5.76 Å². The monoisotopic (exact) mass is 334 g/mol. The summed E-state index contributed by atoms with van der Waals surface area (Å²) >= 11 is 0. The topological polar surface area (TPSA) is 55.2 Å². The second kappa shape index (κ2) is 6.86. The second-order valence-corrected chi connectivity index (χ2v) is 7.10. The molecular formula is C18H26N2O4. The van der Waals surface area contributed by atoms with Crippen LogP contribution in [0.25, 0.3) is 0 Å². The molecule has 132 valence electrons. The van der Waals surface area contributed by atoms with Crippen LogP contribution in [0.15, 0.2) is 22.8 Å². The first kappa shape index (κ1) is 16.1. The molecule has 1 amide bonds. The minimum atomic E-state index is 0.00697. The molecule has 0 aromatic carbocycles. The lowest BCUT2D eigenvalue weighted by Crippen LogP contribution is -2.56. The van der Waals surface area contributed by atoms with Gasteiger partial charge in [0.1, 0.15) is 0 Å². The summed E-state index contributed by atoms with van der Waals surface area (Å²) in [6, 6.07) is 4.07. The molecule has 1 aromatic rings. The van der Waals surface area contributed by atoms with Crippen molar-refractivity contribution in [3.05, 3.63) is 24.2 Å². The van der Waals surface area contributed by atoms with Crippen molar-refractivity contribution in [2.24, 2.45) is 0 Å². The molecule has 4 heterocycles. The van der Waals surface area contributed by atoms with Gasteiger partial charge in [0.2, 0.25) is 0 Å². The number of furan rings is 1. The van der Waals surface area contributed by atoms with Gasteiger partial charge in [-0.3, -0.25) is 9.69 Å². The Morgan fingerprint density at radius 2 is 1.92 bits per heavy atom. The molecule has 1 atom stereocenters. The number of rotatable bonds is 2. The molecule has 3 aliphatic heterocycles. The van der Waals surface area contributed by atoms with E-state index in [1.807, 2.05) is 4.90 Å². The highest BCUT2D eigenvalue weighted by Gasteiger charge is 2.41. The molecule has 0 bridgehead atoms. The SMILES string of the molecule is O=C(c1ccco1)N1CCN([C@H]2CCOC3(CCOCC3)C2)CC1. The molecule has 24 heavy (non-hydrogen) atoms. The van der Waals surface area contributed by atoms with Crippen LogP contribution < -0.4 is 0 Å². The van der Waals surface area contributed by atoms with Crippen LogP contribution in [0.3, 0.4) is 0 Å². The fourth-order valence-electron chi connectivity index (χ4n) is 4.25. The van der Waals surface area contributed by atoms with Crippen LogP contribution in [0.2, 0.25) is 0 Å². The van der Waals surface area contributed by atoms with Crippen molar-refractivity contribution in [2.45, 2.75) is 37.3 Å². The van der Waals surface area contributed by atoms with E-state index in [2.05, 4.69) is 4.90 Å². The Morgan fingerprint density at radius 3 is 2.62 bits per heavy atom. The zero-order chi connectivity index (χ0) is 16.4. The van der Waals surface area contributed by atoms with E-state index < -0.39 is 0 Å². The van der Waals surface area contributed by atoms with Gasteiger partial charge in [-0.2, -0.15) is 0 Å². The molecule has 4 rings (SSSR count). The molecule has 3 fully saturated rings. The zero-order valence-electron chi connectivity index (χ0n) is 14.1. The maximum atomic E-state index is 12.4. The molecule has 6 heteroatoms. The molecule has 0 aliphatic carbocycles. The predicted molar refractivity (Wildman–Crippen MR) is 87.9 cm³/mol. The van der Waals surface area contributed by atoms with E-state index >= 15 is 0 Å². The van der Waals surface area contributed by atoms with E-state index in [0.29, 0.717) is 11.8 Å². The minimum Gasteiger partial charge on any atom is -0.459 e. The van der Waals surface area contributed by atoms with Crippen molar-refractivity contribution in [1.82, 2.24) is 9.80 Å². The average molecular weight is 334 g/mol. The molecular weight excluding hydrogens is 308 g/mol. The quantitative estimate of drug-likeness (QED) is 0.825. The number of carbonyl (C=O) groups is 1. The predicted octanol–water partition coefficient (Wildman–Crippen LogP) is 1.77. The first-order chi connectivity index (χ1) is 11.8. The van der Waals surface area contributed by atoms with Gasteiger partial charge in [-0.1, -0.05) is 0 Å². The van der Waals surface area contributed by atoms with Crippen molar-refractivity contribution >= 4 is 5.91 Å². The number of hydrogen-bond donors (Lipinski definition) is 0. The summed E-state index contributed by atoms with van der Waals surface area (Å²) in [7, 11) is 0. The van der Waals surface area contributed by atoms with Crippen molar-refractivity contribution in [2.75, 3.05) is 46.0 Å². The Hall–Kier alpha value is -1.37. The van der Waals surface area contributed by atoms with Crippen LogP contribution in [0, 0.1) is 0 Å². The lowest BCUT2D eigenvalue weighted by molar-refractivity contribution is -0.152. The Morgan fingerprint density at radius 1 is 1.12 bits per heavy atom. The lowest BCUT2D eigenvalue weighted by atomic mass is 9.83. The Bertz CT molecular complexity index is 540. The third kappa shape index (κ3) is 3.23. The third-order valence-electron chi connectivity index (χ3n) is 5.72. The highest BCUT2D eigenvalue weighted by atomic mass is 16.5. The second-order valence-electron chi connectivity index (χ2n) is 7.10. The van der Waals surface area contributed by atoms with Crippen molar-refractivity contribution < 1.29 is 18.7 Å². The highest BCUT2D eigenvalue weighted by Crippen LogP contribution is 2.36. The maximum Gasteiger partial charge on any atom is 0.289 e. The van der Waals surface area contributed by atoms with Crippen molar-refractivity contribution in [1.29, 1.82) is 0 Å². The summed E-state index contributed by atoms with van der Waals surface area (Å²) in [5.41, 5.74) is 0.0300. The van der Waals surface area contributed by atoms with Crippen LogP contribution in [-0.4, -0.2) is 73.3 Å². The van der Waals surface area contributed by atoms with E-state index in [-0.39, 0.29) is 11.5 Å². The number of piperazine rings is 1. The summed E-state index contributed by atoms with van der Waals surface area (Å²) in [5.74, 6) is 0.447. The van der Waals surface area contributed by atoms with E-state index in [0.717, 1.165) is 71.7 Å². The molecule has 6 nitrogen and oxygen atoms in total. The fourth-order valence-corrected chi connectivity index (χ4v) is 4.25. The summed E-state index contributed by atoms with van der Waals surface area (Å²) in [4.78, 5) is 16.8. The summed E-state index contributed by atoms with van der Waals surface area (Å²) in [5, 5.41) is 0. The molecule has 0 saturated carbocycles. The van der Waals surface area contributed by atoms with Gasteiger partial charge in [0.05, 0.1) is 11.9 Å². The zero-order valence-corrected chi connectivity index (χ0v) is 14.1. The summed E-state index contributed by atoms with van der Waals surface area (Å²) in [6.07, 6.45) is 5.77. The van der Waals surface area contributed by atoms with Gasteiger partial charge >= 0.3 is 0 Å². The molecule has 1 aromatic heterocycles. The van der Waals surface area contributed by atoms with Gasteiger partial charge in [0.25, 0.3) is 5.91 Å². The molecule has 0 N–H and O–H groups in total. The molecule has 3 aliphatic rings. The highest BCUT2D eigenvalue weighted by molar-refractivity contribution is 5.91. The van der Waals surface area contributed by atoms with E-state index in [1.54, 1.807) is 18.4 Å². The first-order valence-electron chi connectivity index (χ1n) is 9.04. The fraction of sp³-hybridized carbons (Fsp3) is 0.722. The van der Waals surface area contributed by atoms with Crippen molar-refractivity contribution in [3.63, 3.8) is 0 Å². The maximum absolute atomic E-state index is 12.4. The Kier molecular flexibility index (Phi) is 4.61. The minimum absolute atomic E-state index is 0.00697. The molecule has 3 saturated heterocycles. The van der Waals surface area contributed by atoms with Crippen LogP contribution in [0.1, 0.15) is 36.2 Å². The lowest BCUT2D eigenvalue weighted by Gasteiger charge is -2.48. The van der Waals surface area contributed by atoms with Crippen LogP contribution in [0.5, 0.6) is 0 Å². The van der Waals surface area contributed by atoms with E-state index in [9.17, 15) is 4.79 Å². The van der Waals surface area contributed by atoms with Gasteiger partial charge in [-0.15, -0.1) is 0 Å². The largest absolute Gasteiger partial charge is 0.459 e. The van der Waals surface area contributed by atoms with E-state index in [1.165, 1.54) is 0 Å². The normalized spacial score (nSPS) is 28.2. The van der Waals surface area contributed by atoms with Gasteiger partial charge in [0, 0.05) is 52.0 Å². The average Bonchev–Trinajstić information content (AvgIpc) is 3.17. The number of hydrogen-bond acceptors (Lipinski definition) is 5. The Labute approximate surface area is 142 Å². The van der Waals surface area contributed by atoms with Gasteiger partial charge in [-0.05, 0) is 37.8 Å². The Balaban J connectivity index is 1.33. The molecule has 1 spiro atoms. The van der Waals surface area contributed by atoms with Crippen molar-refractivity contribution in [3.8, 4) is 0 Å². The number of amides is 1. The van der Waals surface area contributed by atoms with E-state index in [4.69, 9.17) is 13.9 Å².